The van der Waals surface area contributed by atoms with Crippen LogP contribution in [0.4, 0.5) is 5.69 Å². The summed E-state index contributed by atoms with van der Waals surface area (Å²) in [6, 6.07) is 57.0. The van der Waals surface area contributed by atoms with Crippen molar-refractivity contribution in [1.29, 1.82) is 0 Å². The van der Waals surface area contributed by atoms with E-state index in [-0.39, 0.29) is 5.41 Å². The Morgan fingerprint density at radius 3 is 1.66 bits per heavy atom. The molecule has 0 radical (unpaired) electrons. The van der Waals surface area contributed by atoms with Gasteiger partial charge in [-0.3, -0.25) is 0 Å². The Bertz CT molecular complexity index is 3180. The Morgan fingerprint density at radius 1 is 0.443 bits per heavy atom. The lowest BCUT2D eigenvalue weighted by atomic mass is 9.43. The van der Waals surface area contributed by atoms with E-state index in [1.54, 1.807) is 11.1 Å². The summed E-state index contributed by atoms with van der Waals surface area (Å²) in [6.45, 7) is 7.54. The monoisotopic (exact) mass is 800 g/mol. The van der Waals surface area contributed by atoms with Crippen molar-refractivity contribution in [3.8, 4) is 67.5 Å². The molecule has 4 fully saturated rings. The maximum atomic E-state index is 7.54. The molecule has 5 heteroatoms. The molecule has 7 aromatic carbocycles. The molecule has 4 bridgehead atoms. The Hall–Kier alpha value is -6.74. The van der Waals surface area contributed by atoms with Gasteiger partial charge in [0.25, 0.3) is 0 Å². The molecule has 0 atom stereocenters. The molecule has 4 saturated carbocycles. The molecule has 0 amide bonds. The zero-order valence-electron chi connectivity index (χ0n) is 33.6. The molecule has 1 spiro atoms. The van der Waals surface area contributed by atoms with E-state index in [4.69, 9.17) is 21.5 Å². The minimum atomic E-state index is 0.0646. The minimum Gasteiger partial charge on any atom is -0.238 e. The second kappa shape index (κ2) is 13.4. The summed E-state index contributed by atoms with van der Waals surface area (Å²) in [5.74, 6) is 5.16. The Morgan fingerprint density at radius 2 is 1.00 bits per heavy atom. The first kappa shape index (κ1) is 35.1. The van der Waals surface area contributed by atoms with Gasteiger partial charge < -0.3 is 0 Å². The van der Waals surface area contributed by atoms with Crippen LogP contribution in [0.5, 0.6) is 0 Å². The SMILES string of the molecule is [C-]#[N+]c1ccc2sc3cc(-c4ccc5c(c4)-c4ccc(-c6ccc(-c7nc(-c8ccccc8)nc(-c8ccccc8)n7)cc6)cc4C54C5CC6CC(C5)CC4C6)ccc3c2c1. The Labute approximate surface area is 359 Å². The van der Waals surface area contributed by atoms with Crippen molar-refractivity contribution in [2.45, 2.75) is 37.5 Å². The second-order valence-corrected chi connectivity index (χ2v) is 19.0. The molecule has 290 valence electrons. The van der Waals surface area contributed by atoms with Crippen molar-refractivity contribution in [2.24, 2.45) is 23.7 Å². The highest BCUT2D eigenvalue weighted by Gasteiger charge is 2.61. The summed E-state index contributed by atoms with van der Waals surface area (Å²) < 4.78 is 2.50. The van der Waals surface area contributed by atoms with Crippen LogP contribution < -0.4 is 0 Å². The lowest BCUT2D eigenvalue weighted by Crippen LogP contribution is -2.55. The highest BCUT2D eigenvalue weighted by molar-refractivity contribution is 7.25. The number of aromatic nitrogens is 3. The van der Waals surface area contributed by atoms with E-state index in [0.29, 0.717) is 35.0 Å². The molecule has 9 aromatic rings. The summed E-state index contributed by atoms with van der Waals surface area (Å²) >= 11 is 1.82. The quantitative estimate of drug-likeness (QED) is 0.163. The number of thiophene rings is 1. The molecule has 2 heterocycles. The first-order chi connectivity index (χ1) is 30.1. The zero-order valence-corrected chi connectivity index (χ0v) is 34.4. The fraction of sp³-hybridized carbons (Fsp3) is 0.179. The number of nitrogens with zero attached hydrogens (tertiary/aromatic N) is 4. The molecule has 5 aliphatic carbocycles. The van der Waals surface area contributed by atoms with Gasteiger partial charge in [-0.05, 0) is 135 Å². The first-order valence-electron chi connectivity index (χ1n) is 21.7. The molecular formula is C56H40N4S. The van der Waals surface area contributed by atoms with Gasteiger partial charge in [0.1, 0.15) is 0 Å². The van der Waals surface area contributed by atoms with Crippen molar-refractivity contribution >= 4 is 37.2 Å². The minimum absolute atomic E-state index is 0.0646. The molecule has 0 N–H and O–H groups in total. The summed E-state index contributed by atoms with van der Waals surface area (Å²) in [4.78, 5) is 18.6. The van der Waals surface area contributed by atoms with Gasteiger partial charge in [0.2, 0.25) is 0 Å². The van der Waals surface area contributed by atoms with Gasteiger partial charge in [0.05, 0.1) is 6.57 Å². The van der Waals surface area contributed by atoms with Crippen LogP contribution in [0.1, 0.15) is 43.2 Å². The van der Waals surface area contributed by atoms with Gasteiger partial charge >= 0.3 is 0 Å². The summed E-state index contributed by atoms with van der Waals surface area (Å²) in [5.41, 5.74) is 14.7. The molecule has 5 aliphatic rings. The Kier molecular flexibility index (Phi) is 7.69. The van der Waals surface area contributed by atoms with Crippen molar-refractivity contribution in [3.63, 3.8) is 0 Å². The summed E-state index contributed by atoms with van der Waals surface area (Å²) in [7, 11) is 0. The zero-order chi connectivity index (χ0) is 40.2. The van der Waals surface area contributed by atoms with Crippen molar-refractivity contribution in [2.75, 3.05) is 0 Å². The van der Waals surface area contributed by atoms with E-state index >= 15 is 0 Å². The number of hydrogen-bond donors (Lipinski definition) is 0. The first-order valence-corrected chi connectivity index (χ1v) is 22.5. The highest BCUT2D eigenvalue weighted by atomic mass is 32.1. The maximum Gasteiger partial charge on any atom is 0.187 e. The molecule has 0 saturated heterocycles. The van der Waals surface area contributed by atoms with Gasteiger partial charge in [-0.15, -0.1) is 11.3 Å². The summed E-state index contributed by atoms with van der Waals surface area (Å²) in [5, 5.41) is 2.41. The maximum absolute atomic E-state index is 7.54. The van der Waals surface area contributed by atoms with Crippen LogP contribution in [0.3, 0.4) is 0 Å². The second-order valence-electron chi connectivity index (χ2n) is 17.9. The van der Waals surface area contributed by atoms with Gasteiger partial charge in [0.15, 0.2) is 23.2 Å². The van der Waals surface area contributed by atoms with Crippen LogP contribution in [-0.4, -0.2) is 15.0 Å². The van der Waals surface area contributed by atoms with Crippen LogP contribution >= 0.6 is 11.3 Å². The molecule has 0 aliphatic heterocycles. The normalized spacial score (nSPS) is 21.8. The average Bonchev–Trinajstić information content (AvgIpc) is 3.83. The van der Waals surface area contributed by atoms with E-state index in [9.17, 15) is 0 Å². The number of benzene rings is 7. The third kappa shape index (κ3) is 5.38. The van der Waals surface area contributed by atoms with Crippen LogP contribution in [0.2, 0.25) is 0 Å². The third-order valence-corrected chi connectivity index (χ3v) is 15.9. The lowest BCUT2D eigenvalue weighted by Gasteiger charge is -2.61. The van der Waals surface area contributed by atoms with Crippen LogP contribution in [0, 0.1) is 30.2 Å². The van der Waals surface area contributed by atoms with E-state index in [2.05, 4.69) is 114 Å². The average molecular weight is 801 g/mol. The Balaban J connectivity index is 0.903. The molecular weight excluding hydrogens is 761 g/mol. The molecule has 4 nitrogen and oxygen atoms in total. The van der Waals surface area contributed by atoms with E-state index in [0.717, 1.165) is 28.5 Å². The molecule has 0 unspecified atom stereocenters. The topological polar surface area (TPSA) is 43.0 Å². The van der Waals surface area contributed by atoms with Gasteiger partial charge in [-0.25, -0.2) is 19.8 Å². The van der Waals surface area contributed by atoms with Crippen molar-refractivity contribution < 1.29 is 0 Å². The van der Waals surface area contributed by atoms with Gasteiger partial charge in [-0.2, -0.15) is 0 Å². The highest BCUT2D eigenvalue weighted by Crippen LogP contribution is 2.69. The number of fused-ring (bicyclic) bond motifs is 6. The smallest absolute Gasteiger partial charge is 0.187 e. The van der Waals surface area contributed by atoms with Crippen LogP contribution in [0.25, 0.3) is 92.6 Å². The van der Waals surface area contributed by atoms with Gasteiger partial charge in [0, 0.05) is 31.5 Å². The fourth-order valence-corrected chi connectivity index (χ4v) is 13.5. The van der Waals surface area contributed by atoms with E-state index < -0.39 is 0 Å². The van der Waals surface area contributed by atoms with Gasteiger partial charge in [-0.1, -0.05) is 133 Å². The standard InChI is InChI=1S/C56H40N4S/c1-57-44-19-23-51-48(32-44)46-21-17-41(31-52(46)61-51)39-18-22-49-47(29-39)45-20-16-40(30-50(45)56(49)42-25-33-24-34(27-42)28-43(56)26-33)35-12-14-38(15-13-35)55-59-53(36-8-4-2-5-9-36)58-54(60-55)37-10-6-3-7-11-37/h2-23,29-34,42-43H,24-28H2. The fourth-order valence-electron chi connectivity index (χ4n) is 12.3. The predicted molar refractivity (Wildman–Crippen MR) is 249 cm³/mol. The lowest BCUT2D eigenvalue weighted by molar-refractivity contribution is -0.0399. The third-order valence-electron chi connectivity index (χ3n) is 14.7. The van der Waals surface area contributed by atoms with E-state index in [1.165, 1.54) is 85.7 Å². The molecule has 2 aromatic heterocycles. The number of rotatable bonds is 5. The van der Waals surface area contributed by atoms with Crippen LogP contribution in [-0.2, 0) is 5.41 Å². The predicted octanol–water partition coefficient (Wildman–Crippen LogP) is 14.8. The molecule has 61 heavy (non-hydrogen) atoms. The number of hydrogen-bond acceptors (Lipinski definition) is 4. The molecule has 14 rings (SSSR count). The largest absolute Gasteiger partial charge is 0.238 e. The van der Waals surface area contributed by atoms with Crippen molar-refractivity contribution in [1.82, 2.24) is 15.0 Å². The van der Waals surface area contributed by atoms with Crippen molar-refractivity contribution in [3.05, 3.63) is 180 Å². The van der Waals surface area contributed by atoms with Crippen LogP contribution in [0.15, 0.2) is 158 Å². The summed E-state index contributed by atoms with van der Waals surface area (Å²) in [6.07, 6.45) is 6.85. The van der Waals surface area contributed by atoms with E-state index in [1.807, 2.05) is 59.9 Å².